The fraction of sp³-hybridized carbons (Fsp3) is 0.381. The van der Waals surface area contributed by atoms with Gasteiger partial charge in [0.05, 0.1) is 24.3 Å². The van der Waals surface area contributed by atoms with Gasteiger partial charge in [0.1, 0.15) is 6.04 Å². The van der Waals surface area contributed by atoms with Crippen LogP contribution in [-0.2, 0) is 9.53 Å². The smallest absolute Gasteiger partial charge is 0.328 e. The first-order valence-corrected chi connectivity index (χ1v) is 8.86. The lowest BCUT2D eigenvalue weighted by Gasteiger charge is -2.18. The van der Waals surface area contributed by atoms with Crippen LogP contribution in [0.5, 0.6) is 0 Å². The van der Waals surface area contributed by atoms with Crippen molar-refractivity contribution < 1.29 is 14.3 Å². The summed E-state index contributed by atoms with van der Waals surface area (Å²) in [6.45, 7) is 7.74. The number of benzene rings is 1. The molecule has 1 amide bonds. The van der Waals surface area contributed by atoms with Gasteiger partial charge in [0.25, 0.3) is 5.91 Å². The van der Waals surface area contributed by atoms with Crippen LogP contribution in [0.1, 0.15) is 47.6 Å². The molecule has 142 valence electrons. The molecular weight excluding hydrogens is 342 g/mol. The number of nitrogens with zero attached hydrogens (tertiary/aromatic N) is 2. The van der Waals surface area contributed by atoms with Crippen molar-refractivity contribution in [3.63, 3.8) is 0 Å². The third kappa shape index (κ3) is 4.56. The van der Waals surface area contributed by atoms with Crippen molar-refractivity contribution in [3.8, 4) is 11.8 Å². The zero-order chi connectivity index (χ0) is 20.1. The van der Waals surface area contributed by atoms with Crippen molar-refractivity contribution in [2.75, 3.05) is 7.11 Å². The number of nitriles is 1. The Balaban J connectivity index is 2.32. The monoisotopic (exact) mass is 367 g/mol. The summed E-state index contributed by atoms with van der Waals surface area (Å²) in [4.78, 5) is 24.8. The number of aryl methyl sites for hydroxylation is 1. The van der Waals surface area contributed by atoms with E-state index in [9.17, 15) is 9.59 Å². The van der Waals surface area contributed by atoms with E-state index in [1.165, 1.54) is 7.11 Å². The molecule has 2 rings (SSSR count). The second-order valence-corrected chi connectivity index (χ2v) is 6.96. The summed E-state index contributed by atoms with van der Waals surface area (Å²) in [7, 11) is 1.32. The largest absolute Gasteiger partial charge is 0.467 e. The number of amides is 1. The van der Waals surface area contributed by atoms with E-state index in [-0.39, 0.29) is 11.8 Å². The molecule has 6 heteroatoms. The average Bonchev–Trinajstić information content (AvgIpc) is 2.94. The minimum absolute atomic E-state index is 0.237. The van der Waals surface area contributed by atoms with E-state index in [1.54, 1.807) is 18.2 Å². The molecule has 0 aliphatic heterocycles. The average molecular weight is 367 g/mol. The molecule has 0 aliphatic rings. The fourth-order valence-corrected chi connectivity index (χ4v) is 3.14. The standard InChI is InChI=1S/C21H25N3O3/c1-13(2)10-19(21(26)27-5)23-20(25)18-11-14(3)24(15(18)4)17-8-6-16(12-22)7-9-17/h6-9,11,13,19H,10H2,1-5H3,(H,23,25). The molecule has 1 atom stereocenters. The van der Waals surface area contributed by atoms with Crippen molar-refractivity contribution in [1.82, 2.24) is 9.88 Å². The number of aromatic nitrogens is 1. The van der Waals surface area contributed by atoms with Crippen LogP contribution < -0.4 is 5.32 Å². The predicted octanol–water partition coefficient (Wildman–Crippen LogP) is 3.28. The molecule has 1 aromatic carbocycles. The van der Waals surface area contributed by atoms with Crippen molar-refractivity contribution in [3.05, 3.63) is 52.8 Å². The van der Waals surface area contributed by atoms with E-state index in [0.29, 0.717) is 17.5 Å². The molecular formula is C21H25N3O3. The highest BCUT2D eigenvalue weighted by Crippen LogP contribution is 2.21. The summed E-state index contributed by atoms with van der Waals surface area (Å²) < 4.78 is 6.77. The lowest BCUT2D eigenvalue weighted by Crippen LogP contribution is -2.42. The number of carbonyl (C=O) groups excluding carboxylic acids is 2. The molecule has 2 aromatic rings. The highest BCUT2D eigenvalue weighted by atomic mass is 16.5. The van der Waals surface area contributed by atoms with Crippen LogP contribution in [0.25, 0.3) is 5.69 Å². The minimum Gasteiger partial charge on any atom is -0.467 e. The molecule has 0 saturated heterocycles. The van der Waals surface area contributed by atoms with Gasteiger partial charge in [-0.15, -0.1) is 0 Å². The van der Waals surface area contributed by atoms with Gasteiger partial charge in [-0.1, -0.05) is 13.8 Å². The maximum atomic E-state index is 12.8. The minimum atomic E-state index is -0.680. The Morgan fingerprint density at radius 1 is 1.22 bits per heavy atom. The number of esters is 1. The summed E-state index contributed by atoms with van der Waals surface area (Å²) in [5.41, 5.74) is 3.61. The van der Waals surface area contributed by atoms with Crippen molar-refractivity contribution >= 4 is 11.9 Å². The fourth-order valence-electron chi connectivity index (χ4n) is 3.14. The van der Waals surface area contributed by atoms with Crippen LogP contribution in [0.15, 0.2) is 30.3 Å². The van der Waals surface area contributed by atoms with Gasteiger partial charge in [0, 0.05) is 17.1 Å². The quantitative estimate of drug-likeness (QED) is 0.794. The maximum absolute atomic E-state index is 12.8. The Labute approximate surface area is 159 Å². The van der Waals surface area contributed by atoms with Gasteiger partial charge in [-0.3, -0.25) is 4.79 Å². The van der Waals surface area contributed by atoms with E-state index >= 15 is 0 Å². The van der Waals surface area contributed by atoms with Crippen LogP contribution in [-0.4, -0.2) is 29.6 Å². The highest BCUT2D eigenvalue weighted by Gasteiger charge is 2.25. The summed E-state index contributed by atoms with van der Waals surface area (Å²) in [6.07, 6.45) is 0.507. The zero-order valence-electron chi connectivity index (χ0n) is 16.4. The first-order chi connectivity index (χ1) is 12.8. The Morgan fingerprint density at radius 2 is 1.85 bits per heavy atom. The second kappa shape index (κ2) is 8.54. The Bertz CT molecular complexity index is 873. The number of ether oxygens (including phenoxy) is 1. The van der Waals surface area contributed by atoms with Gasteiger partial charge in [-0.25, -0.2) is 4.79 Å². The normalized spacial score (nSPS) is 11.7. The first kappa shape index (κ1) is 20.2. The van der Waals surface area contributed by atoms with Gasteiger partial charge >= 0.3 is 5.97 Å². The summed E-state index contributed by atoms with van der Waals surface area (Å²) in [6, 6.07) is 10.4. The summed E-state index contributed by atoms with van der Waals surface area (Å²) >= 11 is 0. The molecule has 0 radical (unpaired) electrons. The van der Waals surface area contributed by atoms with Crippen LogP contribution >= 0.6 is 0 Å². The van der Waals surface area contributed by atoms with Gasteiger partial charge in [0.15, 0.2) is 0 Å². The van der Waals surface area contributed by atoms with E-state index in [2.05, 4.69) is 11.4 Å². The molecule has 0 bridgehead atoms. The van der Waals surface area contributed by atoms with Crippen LogP contribution in [0.2, 0.25) is 0 Å². The number of methoxy groups -OCH3 is 1. The van der Waals surface area contributed by atoms with Crippen molar-refractivity contribution in [2.24, 2.45) is 5.92 Å². The summed E-state index contributed by atoms with van der Waals surface area (Å²) in [5.74, 6) is -0.516. The molecule has 0 saturated carbocycles. The van der Waals surface area contributed by atoms with E-state index in [4.69, 9.17) is 10.00 Å². The lowest BCUT2D eigenvalue weighted by atomic mass is 10.0. The number of rotatable bonds is 6. The van der Waals surface area contributed by atoms with Gasteiger partial charge in [-0.05, 0) is 56.5 Å². The van der Waals surface area contributed by atoms with Crippen LogP contribution in [0, 0.1) is 31.1 Å². The third-order valence-electron chi connectivity index (χ3n) is 4.43. The van der Waals surface area contributed by atoms with Crippen molar-refractivity contribution in [2.45, 2.75) is 40.2 Å². The Morgan fingerprint density at radius 3 is 2.37 bits per heavy atom. The third-order valence-corrected chi connectivity index (χ3v) is 4.43. The molecule has 0 fully saturated rings. The molecule has 1 unspecified atom stereocenters. The summed E-state index contributed by atoms with van der Waals surface area (Å²) in [5, 5.41) is 11.7. The number of carbonyl (C=O) groups is 2. The van der Waals surface area contributed by atoms with E-state index in [0.717, 1.165) is 17.1 Å². The molecule has 27 heavy (non-hydrogen) atoms. The van der Waals surface area contributed by atoms with Crippen molar-refractivity contribution in [1.29, 1.82) is 5.26 Å². The zero-order valence-corrected chi connectivity index (χ0v) is 16.4. The van der Waals surface area contributed by atoms with Gasteiger partial charge in [-0.2, -0.15) is 5.26 Å². The van der Waals surface area contributed by atoms with E-state index in [1.807, 2.05) is 44.4 Å². The van der Waals surface area contributed by atoms with Gasteiger partial charge in [0.2, 0.25) is 0 Å². The number of hydrogen-bond donors (Lipinski definition) is 1. The molecule has 0 spiro atoms. The maximum Gasteiger partial charge on any atom is 0.328 e. The highest BCUT2D eigenvalue weighted by molar-refractivity contribution is 5.98. The number of hydrogen-bond acceptors (Lipinski definition) is 4. The van der Waals surface area contributed by atoms with Crippen LogP contribution in [0.4, 0.5) is 0 Å². The Hall–Kier alpha value is -3.07. The molecule has 1 aromatic heterocycles. The topological polar surface area (TPSA) is 84.1 Å². The Kier molecular flexibility index (Phi) is 6.40. The molecule has 1 heterocycles. The van der Waals surface area contributed by atoms with Crippen LogP contribution in [0.3, 0.4) is 0 Å². The molecule has 6 nitrogen and oxygen atoms in total. The lowest BCUT2D eigenvalue weighted by molar-refractivity contribution is -0.143. The number of nitrogens with one attached hydrogen (secondary N) is 1. The SMILES string of the molecule is COC(=O)C(CC(C)C)NC(=O)c1cc(C)n(-c2ccc(C#N)cc2)c1C. The van der Waals surface area contributed by atoms with Gasteiger partial charge < -0.3 is 14.6 Å². The predicted molar refractivity (Wildman–Crippen MR) is 103 cm³/mol. The molecule has 0 aliphatic carbocycles. The molecule has 1 N–H and O–H groups in total. The first-order valence-electron chi connectivity index (χ1n) is 8.86. The second-order valence-electron chi connectivity index (χ2n) is 6.96. The van der Waals surface area contributed by atoms with E-state index < -0.39 is 12.0 Å².